The second kappa shape index (κ2) is 11.5. The molecule has 2 aromatic heterocycles. The van der Waals surface area contributed by atoms with E-state index in [-0.39, 0.29) is 5.91 Å². The van der Waals surface area contributed by atoms with Gasteiger partial charge in [0, 0.05) is 17.8 Å². The summed E-state index contributed by atoms with van der Waals surface area (Å²) in [6.45, 7) is 4.81. The minimum absolute atomic E-state index is 0.0170. The lowest BCUT2D eigenvalue weighted by atomic mass is 10.2. The number of pyridine rings is 1. The smallest absolute Gasteiger partial charge is 0.219 e. The summed E-state index contributed by atoms with van der Waals surface area (Å²) in [6, 6.07) is 16.8. The van der Waals surface area contributed by atoms with Gasteiger partial charge in [0.15, 0.2) is 0 Å². The van der Waals surface area contributed by atoms with E-state index in [1.807, 2.05) is 56.3 Å². The van der Waals surface area contributed by atoms with E-state index in [9.17, 15) is 4.79 Å². The number of hydrogen-bond acceptors (Lipinski definition) is 7. The molecule has 2 N–H and O–H groups in total. The maximum Gasteiger partial charge on any atom is 0.219 e. The number of halogens is 1. The molecule has 2 heterocycles. The van der Waals surface area contributed by atoms with Gasteiger partial charge in [0.2, 0.25) is 5.91 Å². The lowest BCUT2D eigenvalue weighted by molar-refractivity contribution is -0.120. The van der Waals surface area contributed by atoms with Gasteiger partial charge in [-0.2, -0.15) is 0 Å². The molecule has 4 aromatic rings. The van der Waals surface area contributed by atoms with Gasteiger partial charge in [0.1, 0.15) is 36.9 Å². The number of aromatic nitrogens is 3. The lowest BCUT2D eigenvalue weighted by Gasteiger charge is -2.14. The summed E-state index contributed by atoms with van der Waals surface area (Å²) in [5, 5.41) is 7.30. The van der Waals surface area contributed by atoms with Gasteiger partial charge in [0.05, 0.1) is 28.2 Å². The molecular weight excluding hydrogens is 466 g/mol. The average Bonchev–Trinajstić information content (AvgIpc) is 2.86. The van der Waals surface area contributed by atoms with E-state index < -0.39 is 0 Å². The zero-order valence-corrected chi connectivity index (χ0v) is 20.3. The number of nitrogens with one attached hydrogen (secondary N) is 2. The van der Waals surface area contributed by atoms with Crippen LogP contribution in [0.1, 0.15) is 24.7 Å². The van der Waals surface area contributed by atoms with Crippen molar-refractivity contribution in [2.45, 2.75) is 26.9 Å². The number of nitrogens with zero attached hydrogens (tertiary/aromatic N) is 3. The molecule has 0 unspecified atom stereocenters. The maximum absolute atomic E-state index is 11.5. The van der Waals surface area contributed by atoms with Gasteiger partial charge in [-0.15, -0.1) is 0 Å². The van der Waals surface area contributed by atoms with Gasteiger partial charge in [-0.25, -0.2) is 9.97 Å². The highest BCUT2D eigenvalue weighted by Crippen LogP contribution is 2.34. The Morgan fingerprint density at radius 1 is 1.03 bits per heavy atom. The van der Waals surface area contributed by atoms with Crippen LogP contribution in [0.3, 0.4) is 0 Å². The van der Waals surface area contributed by atoms with Crippen LogP contribution in [0.5, 0.6) is 11.5 Å². The van der Waals surface area contributed by atoms with Crippen LogP contribution in [-0.2, 0) is 11.4 Å². The number of carbonyl (C=O) groups is 1. The van der Waals surface area contributed by atoms with Crippen molar-refractivity contribution in [1.29, 1.82) is 0 Å². The van der Waals surface area contributed by atoms with E-state index in [1.165, 1.54) is 6.33 Å². The van der Waals surface area contributed by atoms with Crippen molar-refractivity contribution in [1.82, 2.24) is 20.3 Å². The van der Waals surface area contributed by atoms with Crippen molar-refractivity contribution >= 4 is 39.9 Å². The molecule has 0 fully saturated rings. The normalized spacial score (nSPS) is 10.7. The largest absolute Gasteiger partial charge is 0.491 e. The Bertz CT molecular complexity index is 1330. The van der Waals surface area contributed by atoms with Crippen LogP contribution in [0.2, 0.25) is 5.02 Å². The molecule has 0 atom stereocenters. The summed E-state index contributed by atoms with van der Waals surface area (Å²) < 4.78 is 11.8. The fourth-order valence-corrected chi connectivity index (χ4v) is 3.67. The SMILES string of the molecule is CCC(=O)NCCOc1cccc2ncnc(Nc3ccc(OCc4cccc(C)n4)c(Cl)c3)c12. The number of ether oxygens (including phenoxy) is 2. The highest BCUT2D eigenvalue weighted by Gasteiger charge is 2.12. The molecule has 0 saturated heterocycles. The maximum atomic E-state index is 11.5. The summed E-state index contributed by atoms with van der Waals surface area (Å²) in [5.41, 5.74) is 3.23. The first-order valence-electron chi connectivity index (χ1n) is 11.3. The molecule has 180 valence electrons. The van der Waals surface area contributed by atoms with Gasteiger partial charge in [-0.1, -0.05) is 30.7 Å². The van der Waals surface area contributed by atoms with E-state index >= 15 is 0 Å². The Labute approximate surface area is 208 Å². The summed E-state index contributed by atoms with van der Waals surface area (Å²) in [4.78, 5) is 24.7. The lowest BCUT2D eigenvalue weighted by Crippen LogP contribution is -2.27. The number of hydrogen-bond donors (Lipinski definition) is 2. The van der Waals surface area contributed by atoms with Crippen LogP contribution in [0.25, 0.3) is 10.9 Å². The Morgan fingerprint density at radius 2 is 1.89 bits per heavy atom. The van der Waals surface area contributed by atoms with Crippen molar-refractivity contribution in [2.24, 2.45) is 0 Å². The summed E-state index contributed by atoms with van der Waals surface area (Å²) in [7, 11) is 0. The fraction of sp³-hybridized carbons (Fsp3) is 0.231. The fourth-order valence-electron chi connectivity index (χ4n) is 3.43. The van der Waals surface area contributed by atoms with Crippen molar-refractivity contribution in [3.8, 4) is 11.5 Å². The number of aryl methyl sites for hydroxylation is 1. The molecule has 2 aromatic carbocycles. The Balaban J connectivity index is 1.48. The molecule has 0 aliphatic rings. The second-order valence-corrected chi connectivity index (χ2v) is 8.16. The number of benzene rings is 2. The number of anilines is 2. The molecule has 0 aliphatic carbocycles. The zero-order valence-electron chi connectivity index (χ0n) is 19.5. The highest BCUT2D eigenvalue weighted by atomic mass is 35.5. The third-order valence-corrected chi connectivity index (χ3v) is 5.44. The highest BCUT2D eigenvalue weighted by molar-refractivity contribution is 6.32. The van der Waals surface area contributed by atoms with Crippen LogP contribution in [-0.4, -0.2) is 34.0 Å². The van der Waals surface area contributed by atoms with E-state index in [0.717, 1.165) is 28.0 Å². The molecule has 1 amide bonds. The molecule has 35 heavy (non-hydrogen) atoms. The molecule has 9 heteroatoms. The van der Waals surface area contributed by atoms with Crippen LogP contribution in [0.4, 0.5) is 11.5 Å². The van der Waals surface area contributed by atoms with Gasteiger partial charge in [0.25, 0.3) is 0 Å². The predicted octanol–water partition coefficient (Wildman–Crippen LogP) is 5.21. The molecule has 0 aliphatic heterocycles. The third-order valence-electron chi connectivity index (χ3n) is 5.14. The summed E-state index contributed by atoms with van der Waals surface area (Å²) in [6.07, 6.45) is 1.93. The van der Waals surface area contributed by atoms with Crippen molar-refractivity contribution in [3.63, 3.8) is 0 Å². The first-order chi connectivity index (χ1) is 17.0. The van der Waals surface area contributed by atoms with Crippen LogP contribution in [0, 0.1) is 6.92 Å². The van der Waals surface area contributed by atoms with Crippen molar-refractivity contribution in [2.75, 3.05) is 18.5 Å². The Morgan fingerprint density at radius 3 is 2.69 bits per heavy atom. The third kappa shape index (κ3) is 6.36. The van der Waals surface area contributed by atoms with Gasteiger partial charge < -0.3 is 20.1 Å². The standard InChI is InChI=1S/C26H26ClN5O3/c1-3-24(33)28-12-13-34-23-9-5-8-21-25(23)26(30-16-29-21)32-18-10-11-22(20(27)14-18)35-15-19-7-4-6-17(2)31-19/h4-11,14,16H,3,12-13,15H2,1-2H3,(H,28,33)(H,29,30,32). The Hall–Kier alpha value is -3.91. The minimum atomic E-state index is -0.0170. The van der Waals surface area contributed by atoms with Crippen LogP contribution >= 0.6 is 11.6 Å². The predicted molar refractivity (Wildman–Crippen MR) is 136 cm³/mol. The molecule has 0 radical (unpaired) electrons. The quantitative estimate of drug-likeness (QED) is 0.294. The van der Waals surface area contributed by atoms with E-state index in [4.69, 9.17) is 21.1 Å². The first kappa shape index (κ1) is 24.2. The molecule has 0 spiro atoms. The summed E-state index contributed by atoms with van der Waals surface area (Å²) in [5.74, 6) is 1.74. The first-order valence-corrected chi connectivity index (χ1v) is 11.7. The molecule has 0 saturated carbocycles. The number of fused-ring (bicyclic) bond motifs is 1. The van der Waals surface area contributed by atoms with E-state index in [1.54, 1.807) is 12.1 Å². The number of rotatable bonds is 10. The van der Waals surface area contributed by atoms with Gasteiger partial charge >= 0.3 is 0 Å². The number of carbonyl (C=O) groups excluding carboxylic acids is 1. The number of amides is 1. The van der Waals surface area contributed by atoms with Crippen molar-refractivity contribution < 1.29 is 14.3 Å². The summed E-state index contributed by atoms with van der Waals surface area (Å²) >= 11 is 6.49. The molecule has 4 rings (SSSR count). The second-order valence-electron chi connectivity index (χ2n) is 7.75. The average molecular weight is 492 g/mol. The Kier molecular flexibility index (Phi) is 7.95. The monoisotopic (exact) mass is 491 g/mol. The van der Waals surface area contributed by atoms with Crippen molar-refractivity contribution in [3.05, 3.63) is 77.3 Å². The van der Waals surface area contributed by atoms with E-state index in [2.05, 4.69) is 25.6 Å². The molecular formula is C26H26ClN5O3. The van der Waals surface area contributed by atoms with Crippen LogP contribution < -0.4 is 20.1 Å². The molecule has 8 nitrogen and oxygen atoms in total. The van der Waals surface area contributed by atoms with Gasteiger partial charge in [-0.3, -0.25) is 9.78 Å². The van der Waals surface area contributed by atoms with Gasteiger partial charge in [-0.05, 0) is 49.4 Å². The van der Waals surface area contributed by atoms with E-state index in [0.29, 0.717) is 48.5 Å². The topological polar surface area (TPSA) is 98.3 Å². The minimum Gasteiger partial charge on any atom is -0.491 e. The zero-order chi connectivity index (χ0) is 24.6. The van der Waals surface area contributed by atoms with Crippen LogP contribution in [0.15, 0.2) is 60.9 Å². The molecule has 0 bridgehead atoms.